The second-order valence-electron chi connectivity index (χ2n) is 6.98. The van der Waals surface area contributed by atoms with Gasteiger partial charge in [-0.15, -0.1) is 0 Å². The fourth-order valence-electron chi connectivity index (χ4n) is 3.66. The van der Waals surface area contributed by atoms with E-state index in [1.54, 1.807) is 0 Å². The van der Waals surface area contributed by atoms with Crippen molar-refractivity contribution in [1.82, 2.24) is 25.3 Å². The summed E-state index contributed by atoms with van der Waals surface area (Å²) in [4.78, 5) is 21.3. The van der Waals surface area contributed by atoms with Gasteiger partial charge in [-0.2, -0.15) is 4.98 Å². The van der Waals surface area contributed by atoms with Gasteiger partial charge in [-0.1, -0.05) is 5.16 Å². The lowest BCUT2D eigenvalue weighted by molar-refractivity contribution is 0.173. The molecule has 126 valence electrons. The predicted molar refractivity (Wildman–Crippen MR) is 83.9 cm³/mol. The fourth-order valence-corrected chi connectivity index (χ4v) is 3.66. The van der Waals surface area contributed by atoms with Gasteiger partial charge in [-0.3, -0.25) is 0 Å². The summed E-state index contributed by atoms with van der Waals surface area (Å²) in [6, 6.07) is 0.343. The van der Waals surface area contributed by atoms with Crippen LogP contribution in [0.15, 0.2) is 4.52 Å². The zero-order chi connectivity index (χ0) is 15.6. The number of nitrogens with zero attached hydrogens (tertiary/aromatic N) is 4. The minimum absolute atomic E-state index is 0.00197. The van der Waals surface area contributed by atoms with Crippen molar-refractivity contribution in [3.8, 4) is 0 Å². The lowest BCUT2D eigenvalue weighted by atomic mass is 10.2. The molecule has 1 unspecified atom stereocenters. The van der Waals surface area contributed by atoms with Crippen LogP contribution in [0, 0.1) is 0 Å². The molecule has 0 bridgehead atoms. The third-order valence-corrected chi connectivity index (χ3v) is 5.12. The Hall–Kier alpha value is -1.63. The standard InChI is InChI=1S/C16H25N5O2/c22-16(17-10-14-18-15(19-23-14)12-5-6-12)21-9-3-4-13(21)11-20-7-1-2-8-20/h12-13H,1-11H2,(H,17,22). The number of carbonyl (C=O) groups excluding carboxylic acids is 1. The van der Waals surface area contributed by atoms with Gasteiger partial charge in [0.1, 0.15) is 0 Å². The minimum atomic E-state index is -0.00197. The Bertz CT molecular complexity index is 550. The number of amides is 2. The third kappa shape index (κ3) is 3.49. The molecular weight excluding hydrogens is 294 g/mol. The Morgan fingerprint density at radius 2 is 2.00 bits per heavy atom. The average molecular weight is 319 g/mol. The zero-order valence-corrected chi connectivity index (χ0v) is 13.5. The van der Waals surface area contributed by atoms with E-state index in [0.717, 1.165) is 44.6 Å². The average Bonchev–Trinajstić information content (AvgIpc) is 2.99. The molecule has 3 heterocycles. The van der Waals surface area contributed by atoms with Crippen molar-refractivity contribution in [1.29, 1.82) is 0 Å². The lowest BCUT2D eigenvalue weighted by Crippen LogP contribution is -2.46. The van der Waals surface area contributed by atoms with Crippen LogP contribution in [0.1, 0.15) is 56.2 Å². The predicted octanol–water partition coefficient (Wildman–Crippen LogP) is 1.72. The molecule has 3 fully saturated rings. The van der Waals surface area contributed by atoms with Gasteiger partial charge in [0.25, 0.3) is 0 Å². The van der Waals surface area contributed by atoms with Crippen LogP contribution in [-0.4, -0.2) is 58.2 Å². The zero-order valence-electron chi connectivity index (χ0n) is 13.5. The molecule has 0 spiro atoms. The van der Waals surface area contributed by atoms with Gasteiger partial charge < -0.3 is 19.6 Å². The van der Waals surface area contributed by atoms with Crippen molar-refractivity contribution >= 4 is 6.03 Å². The van der Waals surface area contributed by atoms with Crippen LogP contribution in [0.25, 0.3) is 0 Å². The summed E-state index contributed by atoms with van der Waals surface area (Å²) in [7, 11) is 0. The maximum atomic E-state index is 12.5. The topological polar surface area (TPSA) is 74.5 Å². The maximum absolute atomic E-state index is 12.5. The molecule has 1 aliphatic carbocycles. The number of urea groups is 1. The van der Waals surface area contributed by atoms with E-state index in [4.69, 9.17) is 4.52 Å². The molecule has 1 aromatic heterocycles. The monoisotopic (exact) mass is 319 g/mol. The number of likely N-dealkylation sites (tertiary alicyclic amines) is 2. The Kier molecular flexibility index (Phi) is 4.20. The largest absolute Gasteiger partial charge is 0.337 e. The van der Waals surface area contributed by atoms with Crippen molar-refractivity contribution in [2.45, 2.75) is 57.0 Å². The van der Waals surface area contributed by atoms with Crippen LogP contribution in [0.5, 0.6) is 0 Å². The Morgan fingerprint density at radius 1 is 1.17 bits per heavy atom. The number of rotatable bonds is 5. The summed E-state index contributed by atoms with van der Waals surface area (Å²) in [5, 5.41) is 6.92. The van der Waals surface area contributed by atoms with E-state index in [1.165, 1.54) is 25.9 Å². The summed E-state index contributed by atoms with van der Waals surface area (Å²) in [5.41, 5.74) is 0. The molecule has 1 N–H and O–H groups in total. The van der Waals surface area contributed by atoms with Gasteiger partial charge in [0.2, 0.25) is 5.89 Å². The van der Waals surface area contributed by atoms with Gasteiger partial charge in [0.15, 0.2) is 5.82 Å². The smallest absolute Gasteiger partial charge is 0.318 e. The summed E-state index contributed by atoms with van der Waals surface area (Å²) in [6.07, 6.45) is 7.09. The van der Waals surface area contributed by atoms with Crippen LogP contribution < -0.4 is 5.32 Å². The van der Waals surface area contributed by atoms with E-state index in [-0.39, 0.29) is 6.03 Å². The van der Waals surface area contributed by atoms with E-state index in [0.29, 0.717) is 24.4 Å². The molecule has 0 aromatic carbocycles. The van der Waals surface area contributed by atoms with Crippen LogP contribution in [-0.2, 0) is 6.54 Å². The second kappa shape index (κ2) is 6.47. The van der Waals surface area contributed by atoms with E-state index in [9.17, 15) is 4.79 Å². The van der Waals surface area contributed by atoms with E-state index in [1.807, 2.05) is 4.90 Å². The van der Waals surface area contributed by atoms with E-state index >= 15 is 0 Å². The Balaban J connectivity index is 1.28. The van der Waals surface area contributed by atoms with Gasteiger partial charge in [0.05, 0.1) is 6.54 Å². The number of hydrogen-bond donors (Lipinski definition) is 1. The van der Waals surface area contributed by atoms with Crippen LogP contribution in [0.4, 0.5) is 4.79 Å². The molecule has 0 radical (unpaired) electrons. The molecule has 3 aliphatic rings. The first kappa shape index (κ1) is 14.9. The maximum Gasteiger partial charge on any atom is 0.318 e. The first-order chi connectivity index (χ1) is 11.3. The van der Waals surface area contributed by atoms with Crippen LogP contribution >= 0.6 is 0 Å². The van der Waals surface area contributed by atoms with Crippen molar-refractivity contribution in [2.75, 3.05) is 26.2 Å². The Labute approximate surface area is 136 Å². The first-order valence-corrected chi connectivity index (χ1v) is 8.89. The first-order valence-electron chi connectivity index (χ1n) is 8.89. The molecule has 1 atom stereocenters. The normalized spacial score (nSPS) is 25.2. The molecule has 4 rings (SSSR count). The lowest BCUT2D eigenvalue weighted by Gasteiger charge is -2.28. The van der Waals surface area contributed by atoms with E-state index in [2.05, 4.69) is 20.4 Å². The highest BCUT2D eigenvalue weighted by Gasteiger charge is 2.31. The molecule has 7 heteroatoms. The minimum Gasteiger partial charge on any atom is -0.337 e. The molecule has 2 saturated heterocycles. The molecule has 1 saturated carbocycles. The highest BCUT2D eigenvalue weighted by molar-refractivity contribution is 5.74. The van der Waals surface area contributed by atoms with Gasteiger partial charge in [0, 0.05) is 25.0 Å². The highest BCUT2D eigenvalue weighted by atomic mass is 16.5. The highest BCUT2D eigenvalue weighted by Crippen LogP contribution is 2.38. The molecule has 1 aromatic rings. The molecule has 23 heavy (non-hydrogen) atoms. The second-order valence-corrected chi connectivity index (χ2v) is 6.98. The summed E-state index contributed by atoms with van der Waals surface area (Å²) in [5.74, 6) is 1.78. The van der Waals surface area contributed by atoms with Crippen molar-refractivity contribution in [3.63, 3.8) is 0 Å². The SMILES string of the molecule is O=C(NCc1nc(C2CC2)no1)N1CCCC1CN1CCCC1. The van der Waals surface area contributed by atoms with Crippen molar-refractivity contribution in [2.24, 2.45) is 0 Å². The summed E-state index contributed by atoms with van der Waals surface area (Å²) >= 11 is 0. The summed E-state index contributed by atoms with van der Waals surface area (Å²) < 4.78 is 5.21. The Morgan fingerprint density at radius 3 is 2.78 bits per heavy atom. The van der Waals surface area contributed by atoms with Gasteiger partial charge >= 0.3 is 6.03 Å². The molecule has 7 nitrogen and oxygen atoms in total. The molecule has 2 aliphatic heterocycles. The fraction of sp³-hybridized carbons (Fsp3) is 0.812. The number of hydrogen-bond acceptors (Lipinski definition) is 5. The van der Waals surface area contributed by atoms with E-state index < -0.39 is 0 Å². The van der Waals surface area contributed by atoms with Crippen LogP contribution in [0.2, 0.25) is 0 Å². The van der Waals surface area contributed by atoms with Crippen molar-refractivity contribution in [3.05, 3.63) is 11.7 Å². The molecular formula is C16H25N5O2. The quantitative estimate of drug-likeness (QED) is 0.894. The summed E-state index contributed by atoms with van der Waals surface area (Å²) in [6.45, 7) is 4.54. The molecule has 2 amide bonds. The third-order valence-electron chi connectivity index (χ3n) is 5.12. The van der Waals surface area contributed by atoms with Crippen LogP contribution in [0.3, 0.4) is 0 Å². The van der Waals surface area contributed by atoms with Crippen molar-refractivity contribution < 1.29 is 9.32 Å². The van der Waals surface area contributed by atoms with Gasteiger partial charge in [-0.05, 0) is 51.6 Å². The van der Waals surface area contributed by atoms with Gasteiger partial charge in [-0.25, -0.2) is 4.79 Å². The number of carbonyl (C=O) groups is 1. The number of aromatic nitrogens is 2. The number of nitrogens with one attached hydrogen (secondary N) is 1.